The van der Waals surface area contributed by atoms with E-state index in [1.165, 1.54) is 20.9 Å². The van der Waals surface area contributed by atoms with Crippen molar-refractivity contribution in [1.29, 1.82) is 0 Å². The highest BCUT2D eigenvalue weighted by molar-refractivity contribution is 5.95. The van der Waals surface area contributed by atoms with Gasteiger partial charge in [-0.15, -0.1) is 0 Å². The molecule has 6 rings (SSSR count). The number of nitrogens with one attached hydrogen (secondary N) is 8. The van der Waals surface area contributed by atoms with Crippen LogP contribution in [0.15, 0.2) is 48.5 Å². The first-order valence-electron chi connectivity index (χ1n) is 26.9. The van der Waals surface area contributed by atoms with Crippen LogP contribution in [0.25, 0.3) is 0 Å². The minimum atomic E-state index is -0.951. The molecule has 2 aromatic carbocycles. The fraction of sp³-hybridized carbons (Fsp3) is 0.643. The molecule has 2 aliphatic heterocycles. The van der Waals surface area contributed by atoms with Gasteiger partial charge in [0.15, 0.2) is 0 Å². The van der Waals surface area contributed by atoms with Crippen molar-refractivity contribution in [3.63, 3.8) is 0 Å². The first-order chi connectivity index (χ1) is 35.0. The first kappa shape index (κ1) is 57.4. The highest BCUT2D eigenvalue weighted by Gasteiger charge is 2.48. The lowest BCUT2D eigenvalue weighted by Crippen LogP contribution is -2.59. The summed E-state index contributed by atoms with van der Waals surface area (Å²) in [5.74, 6) is -2.70. The number of aryl methyl sites for hydroxylation is 2. The van der Waals surface area contributed by atoms with E-state index in [-0.39, 0.29) is 86.3 Å². The average molecular weight is 1030 g/mol. The second-order valence-corrected chi connectivity index (χ2v) is 23.2. The van der Waals surface area contributed by atoms with E-state index in [1.54, 1.807) is 27.9 Å². The van der Waals surface area contributed by atoms with E-state index < -0.39 is 71.0 Å². The number of benzene rings is 2. The van der Waals surface area contributed by atoms with Crippen LogP contribution in [0.4, 0.5) is 0 Å². The molecule has 0 unspecified atom stereocenters. The SMILES string of the molecule is CN[C@@H](C)C(=O)N[C@H](C(=O)N1C[C@@H](NC(=O)CCCCC(=O)N[C@H]2C[C@@H](C(=O)N[C@@H]3CCCc4ccccc43)N(C(=O)[C@@H](NC(=O)[C@H](C)NC)C(C)(C)C)C2)C[C@H]1C(=O)N[C@@H]1CCCc2ccccc21)C(C)(C)C. The molecule has 406 valence electrons. The zero-order valence-corrected chi connectivity index (χ0v) is 45.5. The number of hydrogen-bond acceptors (Lipinski definition) is 10. The molecular weight excluding hydrogens is 941 g/mol. The average Bonchev–Trinajstić information content (AvgIpc) is 3.99. The zero-order chi connectivity index (χ0) is 54.1. The van der Waals surface area contributed by atoms with Gasteiger partial charge in [-0.2, -0.15) is 0 Å². The van der Waals surface area contributed by atoms with Gasteiger partial charge in [0.1, 0.15) is 24.2 Å². The molecule has 8 amide bonds. The number of hydrogen-bond donors (Lipinski definition) is 8. The summed E-state index contributed by atoms with van der Waals surface area (Å²) in [7, 11) is 3.32. The summed E-state index contributed by atoms with van der Waals surface area (Å²) in [6, 6.07) is 9.73. The summed E-state index contributed by atoms with van der Waals surface area (Å²) < 4.78 is 0. The molecule has 0 bridgehead atoms. The number of carbonyl (C=O) groups excluding carboxylic acids is 8. The Hall–Kier alpha value is -5.88. The van der Waals surface area contributed by atoms with Crippen molar-refractivity contribution in [3.8, 4) is 0 Å². The molecule has 18 nitrogen and oxygen atoms in total. The minimum Gasteiger partial charge on any atom is -0.351 e. The monoisotopic (exact) mass is 1020 g/mol. The lowest BCUT2D eigenvalue weighted by Gasteiger charge is -2.36. The lowest BCUT2D eigenvalue weighted by atomic mass is 9.85. The molecule has 2 saturated heterocycles. The number of amides is 8. The van der Waals surface area contributed by atoms with Crippen LogP contribution in [0.1, 0.15) is 154 Å². The van der Waals surface area contributed by atoms with Gasteiger partial charge in [0.2, 0.25) is 47.3 Å². The fourth-order valence-electron chi connectivity index (χ4n) is 10.8. The molecule has 0 aromatic heterocycles. The molecule has 2 aromatic rings. The summed E-state index contributed by atoms with van der Waals surface area (Å²) in [5.41, 5.74) is 3.07. The maximum Gasteiger partial charge on any atom is 0.246 e. The predicted octanol–water partition coefficient (Wildman–Crippen LogP) is 3.38. The normalized spacial score (nSPS) is 23.2. The quantitative estimate of drug-likeness (QED) is 0.0956. The first-order valence-corrected chi connectivity index (χ1v) is 26.9. The zero-order valence-electron chi connectivity index (χ0n) is 45.5. The summed E-state index contributed by atoms with van der Waals surface area (Å²) in [4.78, 5) is 114. The minimum absolute atomic E-state index is 0.0716. The molecule has 4 aliphatic rings. The number of unbranched alkanes of at least 4 members (excludes halogenated alkanes) is 1. The highest BCUT2D eigenvalue weighted by atomic mass is 16.2. The lowest BCUT2D eigenvalue weighted by molar-refractivity contribution is -0.144. The van der Waals surface area contributed by atoms with Crippen LogP contribution in [0.3, 0.4) is 0 Å². The van der Waals surface area contributed by atoms with Crippen LogP contribution in [-0.2, 0) is 51.2 Å². The third-order valence-electron chi connectivity index (χ3n) is 15.4. The Morgan fingerprint density at radius 2 is 0.919 bits per heavy atom. The van der Waals surface area contributed by atoms with Crippen molar-refractivity contribution in [2.75, 3.05) is 27.2 Å². The van der Waals surface area contributed by atoms with Crippen LogP contribution < -0.4 is 42.5 Å². The molecule has 0 radical (unpaired) electrons. The van der Waals surface area contributed by atoms with Crippen LogP contribution in [0.2, 0.25) is 0 Å². The second-order valence-electron chi connectivity index (χ2n) is 23.2. The van der Waals surface area contributed by atoms with E-state index in [4.69, 9.17) is 0 Å². The molecule has 2 heterocycles. The van der Waals surface area contributed by atoms with Gasteiger partial charge in [-0.05, 0) is 125 Å². The van der Waals surface area contributed by atoms with E-state index >= 15 is 0 Å². The topological polar surface area (TPSA) is 239 Å². The Kier molecular flexibility index (Phi) is 19.5. The Morgan fingerprint density at radius 1 is 0.554 bits per heavy atom. The van der Waals surface area contributed by atoms with Gasteiger partial charge < -0.3 is 52.3 Å². The summed E-state index contributed by atoms with van der Waals surface area (Å²) in [5, 5.41) is 24.2. The number of likely N-dealkylation sites (tertiary alicyclic amines) is 2. The maximum atomic E-state index is 14.5. The van der Waals surface area contributed by atoms with Crippen LogP contribution in [0, 0.1) is 10.8 Å². The summed E-state index contributed by atoms with van der Waals surface area (Å²) in [6.07, 6.45) is 6.49. The molecule has 10 atom stereocenters. The van der Waals surface area contributed by atoms with Gasteiger partial charge in [0, 0.05) is 38.0 Å². The van der Waals surface area contributed by atoms with Crippen molar-refractivity contribution in [2.45, 2.75) is 193 Å². The van der Waals surface area contributed by atoms with Gasteiger partial charge in [0.05, 0.1) is 24.2 Å². The third kappa shape index (κ3) is 14.5. The summed E-state index contributed by atoms with van der Waals surface area (Å²) in [6.45, 7) is 14.7. The molecule has 8 N–H and O–H groups in total. The standard InChI is InChI=1S/C56H84N10O8/c1-33(57-9)49(69)63-47(55(3,4)5)53(73)65-31-37(29-43(65)51(71)61-41-25-17-21-35-19-11-13-23-39(35)41)59-45(67)27-15-16-28-46(68)60-38-30-44(52(72)62-42-26-18-22-36-20-12-14-24-40(36)42)66(32-38)54(74)48(56(6,7)8)64-50(70)34(2)58-10/h11-14,19-20,23-24,33-34,37-38,41-44,47-48,57-58H,15-18,21-22,25-32H2,1-10H3,(H,59,67)(H,60,68)(H,61,71)(H,62,72)(H,63,69)(H,64,70)/t33-,34-,37-,38-,41+,42+,43-,44-,47+,48+/m0/s1. The Balaban J connectivity index is 1.08. The number of carbonyl (C=O) groups is 8. The van der Waals surface area contributed by atoms with Crippen LogP contribution in [-0.4, -0.2) is 133 Å². The Morgan fingerprint density at radius 3 is 1.27 bits per heavy atom. The molecule has 2 fully saturated rings. The number of fused-ring (bicyclic) bond motifs is 2. The molecule has 2 aliphatic carbocycles. The van der Waals surface area contributed by atoms with Crippen molar-refractivity contribution >= 4 is 47.3 Å². The van der Waals surface area contributed by atoms with Crippen LogP contribution in [0.5, 0.6) is 0 Å². The van der Waals surface area contributed by atoms with Crippen molar-refractivity contribution < 1.29 is 38.4 Å². The van der Waals surface area contributed by atoms with Gasteiger partial charge in [-0.3, -0.25) is 38.4 Å². The van der Waals surface area contributed by atoms with E-state index in [1.807, 2.05) is 77.9 Å². The van der Waals surface area contributed by atoms with Crippen molar-refractivity contribution in [1.82, 2.24) is 52.3 Å². The Bertz CT molecular complexity index is 2200. The smallest absolute Gasteiger partial charge is 0.246 e. The number of nitrogens with zero attached hydrogens (tertiary/aromatic N) is 2. The third-order valence-corrected chi connectivity index (χ3v) is 15.4. The second kappa shape index (κ2) is 25.1. The number of rotatable bonds is 19. The molecular formula is C56H84N10O8. The van der Waals surface area contributed by atoms with Gasteiger partial charge in [-0.1, -0.05) is 90.1 Å². The van der Waals surface area contributed by atoms with Crippen molar-refractivity contribution in [3.05, 3.63) is 70.8 Å². The van der Waals surface area contributed by atoms with Gasteiger partial charge in [-0.25, -0.2) is 0 Å². The maximum absolute atomic E-state index is 14.5. The number of likely N-dealkylation sites (N-methyl/N-ethyl adjacent to an activating group) is 2. The van der Waals surface area contributed by atoms with Crippen molar-refractivity contribution in [2.24, 2.45) is 10.8 Å². The molecule has 0 saturated carbocycles. The molecule has 18 heteroatoms. The van der Waals surface area contributed by atoms with Crippen LogP contribution >= 0.6 is 0 Å². The largest absolute Gasteiger partial charge is 0.351 e. The van der Waals surface area contributed by atoms with Gasteiger partial charge >= 0.3 is 0 Å². The predicted molar refractivity (Wildman–Crippen MR) is 283 cm³/mol. The molecule has 74 heavy (non-hydrogen) atoms. The highest BCUT2D eigenvalue weighted by Crippen LogP contribution is 2.34. The van der Waals surface area contributed by atoms with E-state index in [0.29, 0.717) is 12.8 Å². The summed E-state index contributed by atoms with van der Waals surface area (Å²) >= 11 is 0. The van der Waals surface area contributed by atoms with E-state index in [9.17, 15) is 38.4 Å². The molecule has 0 spiro atoms. The fourth-order valence-corrected chi connectivity index (χ4v) is 10.8. The van der Waals surface area contributed by atoms with Gasteiger partial charge in [0.25, 0.3) is 0 Å². The van der Waals surface area contributed by atoms with E-state index in [0.717, 1.165) is 49.7 Å². The Labute approximate surface area is 438 Å². The van der Waals surface area contributed by atoms with E-state index in [2.05, 4.69) is 54.7 Å².